The van der Waals surface area contributed by atoms with E-state index >= 15 is 0 Å². The lowest BCUT2D eigenvalue weighted by atomic mass is 9.75. The van der Waals surface area contributed by atoms with Gasteiger partial charge in [-0.1, -0.05) is 23.2 Å². The molecule has 7 nitrogen and oxygen atoms in total. The van der Waals surface area contributed by atoms with Gasteiger partial charge in [-0.05, 0) is 56.6 Å². The fourth-order valence-corrected chi connectivity index (χ4v) is 7.05. The fraction of sp³-hybridized carbons (Fsp3) is 0.538. The minimum atomic E-state index is -0.312. The number of hydrogen-bond acceptors (Lipinski definition) is 7. The summed E-state index contributed by atoms with van der Waals surface area (Å²) in [6, 6.07) is 8.09. The Morgan fingerprint density at radius 1 is 1.03 bits per heavy atom. The van der Waals surface area contributed by atoms with Crippen LogP contribution in [-0.2, 0) is 16.1 Å². The van der Waals surface area contributed by atoms with E-state index in [2.05, 4.69) is 36.2 Å². The van der Waals surface area contributed by atoms with Crippen LogP contribution in [0.15, 0.2) is 35.8 Å². The van der Waals surface area contributed by atoms with Crippen LogP contribution in [-0.4, -0.2) is 77.1 Å². The first kappa shape index (κ1) is 24.5. The number of likely N-dealkylation sites (tertiary alicyclic amines) is 1. The first-order valence-corrected chi connectivity index (χ1v) is 14.4. The molecule has 0 N–H and O–H groups in total. The lowest BCUT2D eigenvalue weighted by Gasteiger charge is -2.37. The number of piperidine rings is 1. The summed E-state index contributed by atoms with van der Waals surface area (Å²) < 4.78 is 7.99. The molecular formula is C26H31Cl2N5O2S. The highest BCUT2D eigenvalue weighted by molar-refractivity contribution is 7.15. The average Bonchev–Trinajstić information content (AvgIpc) is 3.55. The Kier molecular flexibility index (Phi) is 6.90. The van der Waals surface area contributed by atoms with Gasteiger partial charge in [0.1, 0.15) is 6.10 Å². The Hall–Kier alpha value is -1.84. The maximum absolute atomic E-state index is 13.0. The van der Waals surface area contributed by atoms with Gasteiger partial charge in [0.2, 0.25) is 0 Å². The normalized spacial score (nSPS) is 23.1. The second-order valence-corrected chi connectivity index (χ2v) is 12.0. The van der Waals surface area contributed by atoms with Crippen LogP contribution in [0.4, 0.5) is 5.69 Å². The maximum atomic E-state index is 13.0. The number of piperazine rings is 1. The maximum Gasteiger partial charge on any atom is 0.312 e. The van der Waals surface area contributed by atoms with E-state index in [-0.39, 0.29) is 17.5 Å². The van der Waals surface area contributed by atoms with E-state index in [1.165, 1.54) is 5.69 Å². The lowest BCUT2D eigenvalue weighted by molar-refractivity contribution is -0.151. The number of ether oxygens (including phenoxy) is 1. The molecule has 3 saturated heterocycles. The van der Waals surface area contributed by atoms with Gasteiger partial charge in [-0.25, -0.2) is 4.98 Å². The monoisotopic (exact) mass is 547 g/mol. The number of halogens is 2. The number of nitrogens with zero attached hydrogens (tertiary/aromatic N) is 5. The number of carbonyl (C=O) groups excluding carboxylic acids is 1. The zero-order valence-electron chi connectivity index (χ0n) is 20.2. The molecule has 0 aliphatic carbocycles. The van der Waals surface area contributed by atoms with Gasteiger partial charge in [-0.2, -0.15) is 0 Å². The van der Waals surface area contributed by atoms with Crippen LogP contribution in [0.5, 0.6) is 0 Å². The number of hydrogen-bond donors (Lipinski definition) is 0. The third-order valence-electron chi connectivity index (χ3n) is 8.16. The highest BCUT2D eigenvalue weighted by atomic mass is 35.5. The van der Waals surface area contributed by atoms with Crippen LogP contribution in [0, 0.1) is 5.41 Å². The van der Waals surface area contributed by atoms with Crippen LogP contribution in [0.3, 0.4) is 0 Å². The molecule has 3 aromatic rings. The minimum Gasteiger partial charge on any atom is -0.462 e. The Morgan fingerprint density at radius 3 is 2.53 bits per heavy atom. The molecular weight excluding hydrogens is 517 g/mol. The fourth-order valence-electron chi connectivity index (χ4n) is 5.91. The van der Waals surface area contributed by atoms with Crippen LogP contribution in [0.2, 0.25) is 10.2 Å². The zero-order chi connectivity index (χ0) is 24.7. The summed E-state index contributed by atoms with van der Waals surface area (Å²) in [4.78, 5) is 25.6. The molecule has 0 radical (unpaired) electrons. The van der Waals surface area contributed by atoms with E-state index < -0.39 is 0 Å². The number of anilines is 1. The predicted molar refractivity (Wildman–Crippen MR) is 144 cm³/mol. The molecule has 0 bridgehead atoms. The summed E-state index contributed by atoms with van der Waals surface area (Å²) in [7, 11) is 0. The SMILES string of the molecule is O=C1OC(CCN2CCN(c3ccc(Cl)cc3)CC2)CC12CCN(Cc1c(Cl)nc3sccn13)CC2. The van der Waals surface area contributed by atoms with Gasteiger partial charge in [-0.15, -0.1) is 11.3 Å². The van der Waals surface area contributed by atoms with Gasteiger partial charge >= 0.3 is 5.97 Å². The minimum absolute atomic E-state index is 0.0160. The third kappa shape index (κ3) is 4.86. The molecule has 192 valence electrons. The summed E-state index contributed by atoms with van der Waals surface area (Å²) in [5, 5.41) is 3.38. The molecule has 0 saturated carbocycles. The standard InChI is InChI=1S/C26H31Cl2N5O2S/c27-19-1-3-20(4-2-19)32-13-11-30(12-14-32)8-5-21-17-26(24(34)35-21)6-9-31(10-7-26)18-22-23(28)29-25-33(22)15-16-36-25/h1-4,15-16,21H,5-14,17-18H2. The van der Waals surface area contributed by atoms with Crippen molar-refractivity contribution in [3.63, 3.8) is 0 Å². The highest BCUT2D eigenvalue weighted by Crippen LogP contribution is 2.44. The number of benzene rings is 1. The van der Waals surface area contributed by atoms with Gasteiger partial charge in [0.25, 0.3) is 0 Å². The van der Waals surface area contributed by atoms with Crippen LogP contribution >= 0.6 is 34.5 Å². The molecule has 5 heterocycles. The van der Waals surface area contributed by atoms with Crippen LogP contribution < -0.4 is 4.90 Å². The van der Waals surface area contributed by atoms with Crippen molar-refractivity contribution in [1.29, 1.82) is 0 Å². The molecule has 3 aliphatic rings. The lowest BCUT2D eigenvalue weighted by Crippen LogP contribution is -2.47. The first-order chi connectivity index (χ1) is 17.5. The van der Waals surface area contributed by atoms with Gasteiger partial charge in [-0.3, -0.25) is 19.0 Å². The van der Waals surface area contributed by atoms with Gasteiger partial charge in [0.05, 0.1) is 11.1 Å². The van der Waals surface area contributed by atoms with E-state index in [4.69, 9.17) is 27.9 Å². The quantitative estimate of drug-likeness (QED) is 0.412. The second kappa shape index (κ2) is 10.1. The number of carbonyl (C=O) groups is 1. The number of fused-ring (bicyclic) bond motifs is 1. The van der Waals surface area contributed by atoms with Crippen molar-refractivity contribution in [3.05, 3.63) is 51.7 Å². The molecule has 1 aromatic carbocycles. The van der Waals surface area contributed by atoms with Crippen molar-refractivity contribution in [1.82, 2.24) is 19.2 Å². The molecule has 3 fully saturated rings. The van der Waals surface area contributed by atoms with Crippen LogP contribution in [0.1, 0.15) is 31.4 Å². The third-order valence-corrected chi connectivity index (χ3v) is 9.47. The average molecular weight is 549 g/mol. The topological polar surface area (TPSA) is 53.3 Å². The van der Waals surface area contributed by atoms with Crippen LogP contribution in [0.25, 0.3) is 4.96 Å². The van der Waals surface area contributed by atoms with E-state index in [9.17, 15) is 4.79 Å². The van der Waals surface area contributed by atoms with E-state index in [0.29, 0.717) is 5.15 Å². The molecule has 1 atom stereocenters. The Labute approximate surface area is 225 Å². The summed E-state index contributed by atoms with van der Waals surface area (Å²) in [5.74, 6) is 0.0160. The largest absolute Gasteiger partial charge is 0.462 e. The number of imidazole rings is 1. The molecule has 2 aromatic heterocycles. The number of rotatable bonds is 6. The second-order valence-electron chi connectivity index (χ2n) is 10.3. The van der Waals surface area contributed by atoms with Gasteiger partial charge in [0.15, 0.2) is 10.1 Å². The van der Waals surface area contributed by atoms with Crippen molar-refractivity contribution in [3.8, 4) is 0 Å². The van der Waals surface area contributed by atoms with Crippen molar-refractivity contribution >= 4 is 51.2 Å². The zero-order valence-corrected chi connectivity index (χ0v) is 22.6. The summed E-state index contributed by atoms with van der Waals surface area (Å²) in [6.45, 7) is 7.55. The molecule has 10 heteroatoms. The first-order valence-electron chi connectivity index (χ1n) is 12.8. The Balaban J connectivity index is 0.971. The number of thiazole rings is 1. The molecule has 3 aliphatic heterocycles. The number of aromatic nitrogens is 2. The molecule has 6 rings (SSSR count). The smallest absolute Gasteiger partial charge is 0.312 e. The van der Waals surface area contributed by atoms with Gasteiger partial charge in [0, 0.05) is 68.0 Å². The van der Waals surface area contributed by atoms with Crippen molar-refractivity contribution in [2.45, 2.75) is 38.3 Å². The molecule has 1 unspecified atom stereocenters. The summed E-state index contributed by atoms with van der Waals surface area (Å²) in [6.07, 6.45) is 5.53. The molecule has 36 heavy (non-hydrogen) atoms. The molecule has 0 amide bonds. The summed E-state index contributed by atoms with van der Waals surface area (Å²) >= 11 is 14.0. The number of cyclic esters (lactones) is 1. The van der Waals surface area contributed by atoms with Gasteiger partial charge < -0.3 is 9.64 Å². The highest BCUT2D eigenvalue weighted by Gasteiger charge is 2.50. The summed E-state index contributed by atoms with van der Waals surface area (Å²) in [5.41, 5.74) is 1.95. The predicted octanol–water partition coefficient (Wildman–Crippen LogP) is 4.81. The van der Waals surface area contributed by atoms with Crippen molar-refractivity contribution < 1.29 is 9.53 Å². The van der Waals surface area contributed by atoms with Crippen molar-refractivity contribution in [2.24, 2.45) is 5.41 Å². The Morgan fingerprint density at radius 2 is 1.78 bits per heavy atom. The Bertz CT molecular complexity index is 1210. The van der Waals surface area contributed by atoms with Crippen molar-refractivity contribution in [2.75, 3.05) is 50.7 Å². The number of esters is 1. The van der Waals surface area contributed by atoms with E-state index in [0.717, 1.165) is 93.7 Å². The molecule has 1 spiro atoms. The van der Waals surface area contributed by atoms with E-state index in [1.807, 2.05) is 23.7 Å². The van der Waals surface area contributed by atoms with E-state index in [1.54, 1.807) is 11.3 Å².